The van der Waals surface area contributed by atoms with Crippen molar-refractivity contribution in [2.24, 2.45) is 11.8 Å². The molecule has 1 rings (SSSR count). The third kappa shape index (κ3) is 6.90. The average Bonchev–Trinajstić information content (AvgIpc) is 2.70. The number of likely N-dealkylation sites (N-methyl/N-ethyl adjacent to an activating group) is 2. The van der Waals surface area contributed by atoms with Crippen molar-refractivity contribution < 1.29 is 24.6 Å². The van der Waals surface area contributed by atoms with Crippen LogP contribution in [0.5, 0.6) is 5.75 Å². The lowest BCUT2D eigenvalue weighted by molar-refractivity contribution is -0.152. The standard InChI is InChI=1S/C21H35N3O5/c1-7-24(21(27)18(11-14(2)3)19(25)20(26)22-28)15(4)13-23(5)16-9-8-10-17(12-16)29-6/h8-10,12,14-15,18-19,25,28H,7,11,13H2,1-6H3,(H,22,26)/t15-,18+,19+/m1/s1. The Morgan fingerprint density at radius 1 is 1.24 bits per heavy atom. The fourth-order valence-electron chi connectivity index (χ4n) is 3.47. The van der Waals surface area contributed by atoms with Crippen LogP contribution in [0.2, 0.25) is 0 Å². The molecule has 8 heteroatoms. The Morgan fingerprint density at radius 2 is 1.90 bits per heavy atom. The van der Waals surface area contributed by atoms with E-state index in [1.165, 1.54) is 5.48 Å². The molecule has 1 aromatic rings. The Bertz CT molecular complexity index is 667. The second-order valence-electron chi connectivity index (χ2n) is 7.71. The molecule has 0 unspecified atom stereocenters. The van der Waals surface area contributed by atoms with Gasteiger partial charge < -0.3 is 19.6 Å². The van der Waals surface area contributed by atoms with Crippen molar-refractivity contribution >= 4 is 17.5 Å². The quantitative estimate of drug-likeness (QED) is 0.381. The lowest BCUT2D eigenvalue weighted by atomic mass is 9.90. The molecule has 164 valence electrons. The SMILES string of the molecule is CCN(C(=O)[C@@H](CC(C)C)[C@H](O)C(=O)NO)[C@H](C)CN(C)c1cccc(OC)c1. The van der Waals surface area contributed by atoms with E-state index in [9.17, 15) is 14.7 Å². The Balaban J connectivity index is 2.98. The third-order valence-electron chi connectivity index (χ3n) is 4.99. The van der Waals surface area contributed by atoms with Crippen LogP contribution in [0.25, 0.3) is 0 Å². The van der Waals surface area contributed by atoms with Crippen LogP contribution in [0.4, 0.5) is 5.69 Å². The topological polar surface area (TPSA) is 102 Å². The molecule has 0 aliphatic carbocycles. The van der Waals surface area contributed by atoms with E-state index in [0.717, 1.165) is 11.4 Å². The maximum absolute atomic E-state index is 13.2. The van der Waals surface area contributed by atoms with Gasteiger partial charge in [-0.15, -0.1) is 0 Å². The van der Waals surface area contributed by atoms with Gasteiger partial charge in [-0.3, -0.25) is 14.8 Å². The lowest BCUT2D eigenvalue weighted by Crippen LogP contribution is -2.51. The molecule has 0 radical (unpaired) electrons. The van der Waals surface area contributed by atoms with Crippen LogP contribution in [-0.2, 0) is 9.59 Å². The van der Waals surface area contributed by atoms with E-state index in [0.29, 0.717) is 19.5 Å². The van der Waals surface area contributed by atoms with Crippen LogP contribution in [0, 0.1) is 11.8 Å². The maximum atomic E-state index is 13.2. The minimum absolute atomic E-state index is 0.0959. The Hall–Kier alpha value is -2.32. The third-order valence-corrected chi connectivity index (χ3v) is 4.99. The van der Waals surface area contributed by atoms with Crippen LogP contribution >= 0.6 is 0 Å². The normalized spacial score (nSPS) is 14.1. The van der Waals surface area contributed by atoms with Gasteiger partial charge in [0.1, 0.15) is 11.9 Å². The van der Waals surface area contributed by atoms with Crippen molar-refractivity contribution in [3.8, 4) is 5.75 Å². The zero-order valence-corrected chi connectivity index (χ0v) is 18.3. The summed E-state index contributed by atoms with van der Waals surface area (Å²) in [4.78, 5) is 28.6. The molecule has 0 aliphatic heterocycles. The predicted molar refractivity (Wildman–Crippen MR) is 112 cm³/mol. The van der Waals surface area contributed by atoms with Crippen molar-refractivity contribution in [3.05, 3.63) is 24.3 Å². The molecule has 0 saturated carbocycles. The molecule has 0 spiro atoms. The van der Waals surface area contributed by atoms with Crippen molar-refractivity contribution in [2.75, 3.05) is 32.1 Å². The number of hydroxylamine groups is 1. The van der Waals surface area contributed by atoms with Gasteiger partial charge in [-0.25, -0.2) is 5.48 Å². The summed E-state index contributed by atoms with van der Waals surface area (Å²) in [5, 5.41) is 19.2. The van der Waals surface area contributed by atoms with Gasteiger partial charge in [-0.05, 0) is 38.3 Å². The number of hydrogen-bond donors (Lipinski definition) is 3. The molecule has 0 aliphatic rings. The summed E-state index contributed by atoms with van der Waals surface area (Å²) in [6, 6.07) is 7.49. The number of carbonyl (C=O) groups is 2. The van der Waals surface area contributed by atoms with E-state index in [4.69, 9.17) is 9.94 Å². The Morgan fingerprint density at radius 3 is 2.41 bits per heavy atom. The first-order valence-corrected chi connectivity index (χ1v) is 9.93. The first kappa shape index (κ1) is 24.7. The highest BCUT2D eigenvalue weighted by molar-refractivity contribution is 5.88. The zero-order valence-electron chi connectivity index (χ0n) is 18.3. The summed E-state index contributed by atoms with van der Waals surface area (Å²) in [7, 11) is 3.55. The second kappa shape index (κ2) is 11.6. The fourth-order valence-corrected chi connectivity index (χ4v) is 3.47. The molecule has 0 aromatic heterocycles. The molecule has 2 amide bonds. The number of aliphatic hydroxyl groups excluding tert-OH is 1. The van der Waals surface area contributed by atoms with Crippen molar-refractivity contribution in [1.29, 1.82) is 0 Å². The highest BCUT2D eigenvalue weighted by Crippen LogP contribution is 2.23. The summed E-state index contributed by atoms with van der Waals surface area (Å²) in [5.41, 5.74) is 2.40. The number of amides is 2. The van der Waals surface area contributed by atoms with Gasteiger partial charge in [-0.1, -0.05) is 19.9 Å². The predicted octanol–water partition coefficient (Wildman–Crippen LogP) is 1.90. The summed E-state index contributed by atoms with van der Waals surface area (Å²) < 4.78 is 5.27. The van der Waals surface area contributed by atoms with Gasteiger partial charge in [0.05, 0.1) is 13.0 Å². The molecule has 3 atom stereocenters. The minimum atomic E-state index is -1.60. The second-order valence-corrected chi connectivity index (χ2v) is 7.71. The van der Waals surface area contributed by atoms with Gasteiger partial charge in [0.2, 0.25) is 5.91 Å². The minimum Gasteiger partial charge on any atom is -0.497 e. The van der Waals surface area contributed by atoms with E-state index in [1.54, 1.807) is 12.0 Å². The van der Waals surface area contributed by atoms with E-state index >= 15 is 0 Å². The van der Waals surface area contributed by atoms with Crippen LogP contribution in [0.1, 0.15) is 34.1 Å². The molecular formula is C21H35N3O5. The van der Waals surface area contributed by atoms with Crippen molar-refractivity contribution in [1.82, 2.24) is 10.4 Å². The molecule has 8 nitrogen and oxygen atoms in total. The largest absolute Gasteiger partial charge is 0.497 e. The van der Waals surface area contributed by atoms with Crippen LogP contribution < -0.4 is 15.1 Å². The number of anilines is 1. The molecule has 0 heterocycles. The van der Waals surface area contributed by atoms with Crippen LogP contribution in [-0.4, -0.2) is 66.4 Å². The van der Waals surface area contributed by atoms with E-state index in [1.807, 2.05) is 63.9 Å². The number of nitrogens with zero attached hydrogens (tertiary/aromatic N) is 2. The molecule has 1 aromatic carbocycles. The number of ether oxygens (including phenoxy) is 1. The van der Waals surface area contributed by atoms with Gasteiger partial charge >= 0.3 is 0 Å². The summed E-state index contributed by atoms with van der Waals surface area (Å²) in [5.74, 6) is -1.35. The van der Waals surface area contributed by atoms with Gasteiger partial charge in [-0.2, -0.15) is 0 Å². The first-order valence-electron chi connectivity index (χ1n) is 9.93. The number of hydrogen-bond acceptors (Lipinski definition) is 6. The molecule has 29 heavy (non-hydrogen) atoms. The summed E-state index contributed by atoms with van der Waals surface area (Å²) in [6.07, 6.45) is -1.27. The number of nitrogens with one attached hydrogen (secondary N) is 1. The molecular weight excluding hydrogens is 374 g/mol. The van der Waals surface area contributed by atoms with Crippen molar-refractivity contribution in [3.63, 3.8) is 0 Å². The van der Waals surface area contributed by atoms with E-state index in [-0.39, 0.29) is 17.9 Å². The average molecular weight is 410 g/mol. The zero-order chi connectivity index (χ0) is 22.1. The lowest BCUT2D eigenvalue weighted by Gasteiger charge is -2.35. The molecule has 0 fully saturated rings. The maximum Gasteiger partial charge on any atom is 0.272 e. The molecule has 0 saturated heterocycles. The van der Waals surface area contributed by atoms with Gasteiger partial charge in [0.15, 0.2) is 0 Å². The Labute approximate surface area is 173 Å². The number of benzene rings is 1. The van der Waals surface area contributed by atoms with Crippen LogP contribution in [0.3, 0.4) is 0 Å². The fraction of sp³-hybridized carbons (Fsp3) is 0.619. The van der Waals surface area contributed by atoms with E-state index in [2.05, 4.69) is 0 Å². The van der Waals surface area contributed by atoms with Gasteiger partial charge in [0, 0.05) is 37.9 Å². The van der Waals surface area contributed by atoms with Crippen LogP contribution in [0.15, 0.2) is 24.3 Å². The summed E-state index contributed by atoms with van der Waals surface area (Å²) >= 11 is 0. The van der Waals surface area contributed by atoms with Gasteiger partial charge in [0.25, 0.3) is 5.91 Å². The monoisotopic (exact) mass is 409 g/mol. The smallest absolute Gasteiger partial charge is 0.272 e. The van der Waals surface area contributed by atoms with Crippen molar-refractivity contribution in [2.45, 2.75) is 46.3 Å². The number of carbonyl (C=O) groups excluding carboxylic acids is 2. The summed E-state index contributed by atoms with van der Waals surface area (Å²) in [6.45, 7) is 8.63. The Kier molecular flexibility index (Phi) is 9.91. The first-order chi connectivity index (χ1) is 13.7. The highest BCUT2D eigenvalue weighted by Gasteiger charge is 2.36. The molecule has 0 bridgehead atoms. The highest BCUT2D eigenvalue weighted by atomic mass is 16.5. The number of rotatable bonds is 11. The van der Waals surface area contributed by atoms with E-state index < -0.39 is 17.9 Å². The number of aliphatic hydroxyl groups is 1. The number of methoxy groups -OCH3 is 1. The molecule has 3 N–H and O–H groups in total.